The van der Waals surface area contributed by atoms with Crippen LogP contribution in [0.3, 0.4) is 0 Å². The van der Waals surface area contributed by atoms with Crippen molar-refractivity contribution in [2.45, 2.75) is 44.2 Å². The molecule has 35 heavy (non-hydrogen) atoms. The fraction of sp³-hybridized carbons (Fsp3) is 0.609. The van der Waals surface area contributed by atoms with E-state index in [0.717, 1.165) is 0 Å². The number of rotatable bonds is 8. The van der Waals surface area contributed by atoms with Gasteiger partial charge >= 0.3 is 12.1 Å². The average Bonchev–Trinajstić information content (AvgIpc) is 2.88. The van der Waals surface area contributed by atoms with Crippen LogP contribution in [0.25, 0.3) is 6.08 Å². The van der Waals surface area contributed by atoms with Gasteiger partial charge in [-0.15, -0.1) is 0 Å². The number of carbonyl (C=O) groups excluding carboxylic acids is 3. The Balaban J connectivity index is 1.63. The molecule has 3 amide bonds. The van der Waals surface area contributed by atoms with Gasteiger partial charge in [0, 0.05) is 31.4 Å². The maximum Gasteiger partial charge on any atom is 0.409 e. The first-order valence-electron chi connectivity index (χ1n) is 11.8. The third-order valence-corrected chi connectivity index (χ3v) is 6.16. The van der Waals surface area contributed by atoms with Crippen LogP contribution in [0.1, 0.15) is 38.2 Å². The molecule has 0 aliphatic carbocycles. The molecule has 2 aliphatic rings. The lowest BCUT2D eigenvalue weighted by Gasteiger charge is -2.39. The summed E-state index contributed by atoms with van der Waals surface area (Å²) in [6, 6.07) is 0.0787. The lowest BCUT2D eigenvalue weighted by molar-refractivity contribution is -0.134. The molecule has 0 bridgehead atoms. The first-order chi connectivity index (χ1) is 16.9. The molecule has 12 nitrogen and oxygen atoms in total. The average molecular weight is 491 g/mol. The van der Waals surface area contributed by atoms with Gasteiger partial charge < -0.3 is 35.1 Å². The molecule has 2 fully saturated rings. The Kier molecular flexibility index (Phi) is 9.24. The monoisotopic (exact) mass is 490 g/mol. The number of likely N-dealkylation sites (tertiary alicyclic amines) is 1. The maximum absolute atomic E-state index is 13.4. The van der Waals surface area contributed by atoms with Gasteiger partial charge in [-0.05, 0) is 51.8 Å². The van der Waals surface area contributed by atoms with Crippen molar-refractivity contribution in [3.8, 4) is 11.9 Å². The Labute approximate surface area is 204 Å². The summed E-state index contributed by atoms with van der Waals surface area (Å²) in [5, 5.41) is 9.25. The summed E-state index contributed by atoms with van der Waals surface area (Å²) in [7, 11) is 2.91. The summed E-state index contributed by atoms with van der Waals surface area (Å²) >= 11 is 0. The smallest absolute Gasteiger partial charge is 0.409 e. The summed E-state index contributed by atoms with van der Waals surface area (Å²) in [6.45, 7) is 4.35. The minimum absolute atomic E-state index is 0.0758. The lowest BCUT2D eigenvalue weighted by atomic mass is 9.86. The van der Waals surface area contributed by atoms with E-state index in [9.17, 15) is 14.4 Å². The molecule has 1 aromatic heterocycles. The molecule has 1 aromatic rings. The zero-order valence-corrected chi connectivity index (χ0v) is 20.5. The molecule has 2 saturated heterocycles. The predicted molar refractivity (Wildman–Crippen MR) is 127 cm³/mol. The molecule has 2 aliphatic heterocycles. The third-order valence-electron chi connectivity index (χ3n) is 6.16. The summed E-state index contributed by atoms with van der Waals surface area (Å²) in [6.07, 6.45) is 6.22. The summed E-state index contributed by atoms with van der Waals surface area (Å²) in [5.41, 5.74) is -0.522. The quantitative estimate of drug-likeness (QED) is 0.443. The zero-order valence-electron chi connectivity index (χ0n) is 20.5. The van der Waals surface area contributed by atoms with Crippen molar-refractivity contribution in [1.29, 1.82) is 0 Å². The Morgan fingerprint density at radius 3 is 2.54 bits per heavy atom. The maximum atomic E-state index is 13.4. The van der Waals surface area contributed by atoms with Gasteiger partial charge in [0.25, 0.3) is 0 Å². The topological polar surface area (TPSA) is 144 Å². The third kappa shape index (κ3) is 6.81. The summed E-state index contributed by atoms with van der Waals surface area (Å²) in [4.78, 5) is 47.9. The van der Waals surface area contributed by atoms with Crippen LogP contribution in [0.4, 0.5) is 4.79 Å². The number of ether oxygens (including phenoxy) is 3. The molecule has 192 valence electrons. The SMILES string of the molecule is CCOC(=O)N1CCC(NC(=O)C2(NC(=O)/C=C/c3cnc(OC)nc3OC)CCNCC2)CC1. The van der Waals surface area contributed by atoms with Gasteiger partial charge in [0.2, 0.25) is 17.7 Å². The van der Waals surface area contributed by atoms with Crippen molar-refractivity contribution in [1.82, 2.24) is 30.8 Å². The fourth-order valence-electron chi connectivity index (χ4n) is 4.19. The van der Waals surface area contributed by atoms with Crippen molar-refractivity contribution < 1.29 is 28.6 Å². The van der Waals surface area contributed by atoms with Gasteiger partial charge in [-0.25, -0.2) is 9.78 Å². The molecule has 3 N–H and O–H groups in total. The highest BCUT2D eigenvalue weighted by molar-refractivity contribution is 5.97. The van der Waals surface area contributed by atoms with Crippen LogP contribution in [0.5, 0.6) is 11.9 Å². The van der Waals surface area contributed by atoms with Gasteiger partial charge in [0.1, 0.15) is 5.54 Å². The molecule has 0 spiro atoms. The van der Waals surface area contributed by atoms with E-state index in [4.69, 9.17) is 14.2 Å². The fourth-order valence-corrected chi connectivity index (χ4v) is 4.19. The standard InChI is InChI=1S/C23H34N6O6/c1-4-35-22(32)29-13-7-17(8-14-29)26-20(31)23(9-11-24-12-10-23)28-18(30)6-5-16-15-25-21(34-3)27-19(16)33-2/h5-6,15,17,24H,4,7-14H2,1-3H3,(H,26,31)(H,28,30)/b6-5+. The van der Waals surface area contributed by atoms with E-state index < -0.39 is 11.4 Å². The zero-order chi connectivity index (χ0) is 25.3. The van der Waals surface area contributed by atoms with Crippen LogP contribution >= 0.6 is 0 Å². The molecule has 12 heteroatoms. The Bertz CT molecular complexity index is 925. The first-order valence-corrected chi connectivity index (χ1v) is 11.8. The molecule has 3 rings (SSSR count). The van der Waals surface area contributed by atoms with Crippen molar-refractivity contribution in [2.75, 3.05) is 47.0 Å². The first kappa shape index (κ1) is 26.2. The largest absolute Gasteiger partial charge is 0.480 e. The number of amides is 3. The predicted octanol–water partition coefficient (Wildman–Crippen LogP) is 0.483. The molecule has 0 radical (unpaired) electrons. The van der Waals surface area contributed by atoms with Crippen LogP contribution in [-0.4, -0.2) is 91.4 Å². The Morgan fingerprint density at radius 1 is 1.20 bits per heavy atom. The van der Waals surface area contributed by atoms with E-state index in [2.05, 4.69) is 25.9 Å². The van der Waals surface area contributed by atoms with Crippen molar-refractivity contribution >= 4 is 24.0 Å². The van der Waals surface area contributed by atoms with E-state index in [1.165, 1.54) is 32.6 Å². The summed E-state index contributed by atoms with van der Waals surface area (Å²) in [5.74, 6) is -0.345. The number of piperidine rings is 2. The molecule has 3 heterocycles. The van der Waals surface area contributed by atoms with Gasteiger partial charge in [0.15, 0.2) is 0 Å². The highest BCUT2D eigenvalue weighted by Crippen LogP contribution is 2.22. The minimum atomic E-state index is -1.02. The lowest BCUT2D eigenvalue weighted by Crippen LogP contribution is -2.64. The van der Waals surface area contributed by atoms with Crippen LogP contribution < -0.4 is 25.4 Å². The van der Waals surface area contributed by atoms with Crippen LogP contribution in [0.15, 0.2) is 12.3 Å². The molecule has 0 atom stereocenters. The van der Waals surface area contributed by atoms with E-state index in [-0.39, 0.29) is 29.9 Å². The molecular formula is C23H34N6O6. The van der Waals surface area contributed by atoms with Crippen molar-refractivity contribution in [3.05, 3.63) is 17.8 Å². The van der Waals surface area contributed by atoms with E-state index in [1.54, 1.807) is 11.8 Å². The molecular weight excluding hydrogens is 456 g/mol. The van der Waals surface area contributed by atoms with Gasteiger partial charge in [-0.1, -0.05) is 0 Å². The number of hydrogen-bond donors (Lipinski definition) is 3. The number of nitrogens with one attached hydrogen (secondary N) is 3. The van der Waals surface area contributed by atoms with Crippen LogP contribution in [0.2, 0.25) is 0 Å². The van der Waals surface area contributed by atoms with Crippen LogP contribution in [-0.2, 0) is 14.3 Å². The number of carbonyl (C=O) groups is 3. The number of aromatic nitrogens is 2. The highest BCUT2D eigenvalue weighted by atomic mass is 16.6. The van der Waals surface area contributed by atoms with Crippen LogP contribution in [0, 0.1) is 0 Å². The van der Waals surface area contributed by atoms with Gasteiger partial charge in [0.05, 0.1) is 26.4 Å². The highest BCUT2D eigenvalue weighted by Gasteiger charge is 2.41. The second-order valence-corrected chi connectivity index (χ2v) is 8.41. The van der Waals surface area contributed by atoms with Crippen molar-refractivity contribution in [2.24, 2.45) is 0 Å². The van der Waals surface area contributed by atoms with E-state index in [1.807, 2.05) is 0 Å². The molecule has 0 saturated carbocycles. The van der Waals surface area contributed by atoms with Gasteiger partial charge in [-0.2, -0.15) is 4.98 Å². The summed E-state index contributed by atoms with van der Waals surface area (Å²) < 4.78 is 15.3. The van der Waals surface area contributed by atoms with E-state index >= 15 is 0 Å². The minimum Gasteiger partial charge on any atom is -0.480 e. The van der Waals surface area contributed by atoms with Crippen molar-refractivity contribution in [3.63, 3.8) is 0 Å². The number of methoxy groups -OCH3 is 2. The second-order valence-electron chi connectivity index (χ2n) is 8.41. The van der Waals surface area contributed by atoms with E-state index in [0.29, 0.717) is 64.0 Å². The second kappa shape index (κ2) is 12.3. The molecule has 0 aromatic carbocycles. The Hall–Kier alpha value is -3.41. The number of hydrogen-bond acceptors (Lipinski definition) is 9. The molecule has 0 unspecified atom stereocenters. The van der Waals surface area contributed by atoms with Gasteiger partial charge in [-0.3, -0.25) is 9.59 Å². The number of nitrogens with zero attached hydrogens (tertiary/aromatic N) is 3. The Morgan fingerprint density at radius 2 is 1.91 bits per heavy atom. The normalized spacial score (nSPS) is 18.1.